The zero-order valence-electron chi connectivity index (χ0n) is 20.3. The predicted octanol–water partition coefficient (Wildman–Crippen LogP) is 8.20. The molecule has 2 saturated heterocycles. The maximum absolute atomic E-state index is 15.1. The third-order valence-electron chi connectivity index (χ3n) is 7.44. The lowest BCUT2D eigenvalue weighted by Crippen LogP contribution is -2.25. The first-order valence-electron chi connectivity index (χ1n) is 12.7. The quantitative estimate of drug-likeness (QED) is 0.274. The largest absolute Gasteiger partial charge is 0.378 e. The standard InChI is InChI=1S/C29H34F4O2/c1-3-5-7-21-11-9-19(17-35-21)23-13-15-25(29(33)27(23)31)24-14-12-22(26(30)28(24)32)18-8-10-20(6-4-2)34-16-18/h3,12-15,18-21H,1,4-11,16-17H2,2H3. The van der Waals surface area contributed by atoms with E-state index >= 15 is 17.6 Å². The highest BCUT2D eigenvalue weighted by Gasteiger charge is 2.30. The molecule has 190 valence electrons. The summed E-state index contributed by atoms with van der Waals surface area (Å²) in [6, 6.07) is 5.64. The van der Waals surface area contributed by atoms with Gasteiger partial charge in [0.15, 0.2) is 23.3 Å². The van der Waals surface area contributed by atoms with E-state index in [1.165, 1.54) is 24.3 Å². The second-order valence-corrected chi connectivity index (χ2v) is 9.77. The molecular weight excluding hydrogens is 456 g/mol. The molecule has 4 rings (SSSR count). The summed E-state index contributed by atoms with van der Waals surface area (Å²) < 4.78 is 71.9. The van der Waals surface area contributed by atoms with E-state index in [9.17, 15) is 0 Å². The van der Waals surface area contributed by atoms with Crippen molar-refractivity contribution in [2.75, 3.05) is 13.2 Å². The lowest BCUT2D eigenvalue weighted by atomic mass is 9.87. The van der Waals surface area contributed by atoms with E-state index in [0.29, 0.717) is 26.1 Å². The number of benzene rings is 2. The van der Waals surface area contributed by atoms with E-state index in [-0.39, 0.29) is 46.3 Å². The summed E-state index contributed by atoms with van der Waals surface area (Å²) in [6.45, 7) is 6.43. The van der Waals surface area contributed by atoms with Gasteiger partial charge < -0.3 is 9.47 Å². The SMILES string of the molecule is C=CCCC1CCC(c2ccc(-c3ccc(C4CCC(CCC)OC4)c(F)c3F)c(F)c2F)CO1. The minimum Gasteiger partial charge on any atom is -0.378 e. The average Bonchev–Trinajstić information content (AvgIpc) is 2.87. The number of hydrogen-bond acceptors (Lipinski definition) is 2. The maximum atomic E-state index is 15.1. The van der Waals surface area contributed by atoms with Gasteiger partial charge in [0.1, 0.15) is 0 Å². The van der Waals surface area contributed by atoms with Crippen LogP contribution in [-0.2, 0) is 9.47 Å². The van der Waals surface area contributed by atoms with Crippen molar-refractivity contribution in [3.8, 4) is 11.1 Å². The third kappa shape index (κ3) is 5.64. The Morgan fingerprint density at radius 3 is 1.63 bits per heavy atom. The van der Waals surface area contributed by atoms with Gasteiger partial charge in [0, 0.05) is 23.0 Å². The molecule has 0 radical (unpaired) electrons. The fraction of sp³-hybridized carbons (Fsp3) is 0.517. The smallest absolute Gasteiger partial charge is 0.167 e. The van der Waals surface area contributed by atoms with Crippen LogP contribution in [0.4, 0.5) is 17.6 Å². The van der Waals surface area contributed by atoms with Crippen LogP contribution in [-0.4, -0.2) is 25.4 Å². The molecule has 0 saturated carbocycles. The molecule has 2 aromatic rings. The Balaban J connectivity index is 1.51. The van der Waals surface area contributed by atoms with Crippen LogP contribution in [0.25, 0.3) is 11.1 Å². The monoisotopic (exact) mass is 490 g/mol. The van der Waals surface area contributed by atoms with E-state index in [2.05, 4.69) is 13.5 Å². The Morgan fingerprint density at radius 1 is 0.743 bits per heavy atom. The molecule has 2 aliphatic heterocycles. The van der Waals surface area contributed by atoms with Crippen LogP contribution in [0.5, 0.6) is 0 Å². The minimum absolute atomic E-state index is 0.0964. The van der Waals surface area contributed by atoms with Crippen molar-refractivity contribution < 1.29 is 27.0 Å². The fourth-order valence-corrected chi connectivity index (χ4v) is 5.36. The third-order valence-corrected chi connectivity index (χ3v) is 7.44. The van der Waals surface area contributed by atoms with Crippen LogP contribution in [0.2, 0.25) is 0 Å². The summed E-state index contributed by atoms with van der Waals surface area (Å²) in [7, 11) is 0. The molecule has 0 spiro atoms. The van der Waals surface area contributed by atoms with Crippen molar-refractivity contribution in [1.29, 1.82) is 0 Å². The van der Waals surface area contributed by atoms with E-state index in [0.717, 1.165) is 38.5 Å². The number of halogens is 4. The average molecular weight is 491 g/mol. The lowest BCUT2D eigenvalue weighted by Gasteiger charge is -2.30. The van der Waals surface area contributed by atoms with Gasteiger partial charge in [-0.15, -0.1) is 6.58 Å². The molecule has 2 nitrogen and oxygen atoms in total. The highest BCUT2D eigenvalue weighted by molar-refractivity contribution is 5.66. The van der Waals surface area contributed by atoms with Gasteiger partial charge in [-0.1, -0.05) is 43.7 Å². The number of hydrogen-bond donors (Lipinski definition) is 0. The Bertz CT molecular complexity index is 1020. The molecule has 6 heteroatoms. The number of allylic oxidation sites excluding steroid dienone is 1. The van der Waals surface area contributed by atoms with Gasteiger partial charge in [-0.25, -0.2) is 17.6 Å². The summed E-state index contributed by atoms with van der Waals surface area (Å²) in [6.07, 6.45) is 8.70. The Kier molecular flexibility index (Phi) is 8.66. The van der Waals surface area contributed by atoms with Gasteiger partial charge in [-0.2, -0.15) is 0 Å². The van der Waals surface area contributed by atoms with Crippen molar-refractivity contribution in [1.82, 2.24) is 0 Å². The van der Waals surface area contributed by atoms with Gasteiger partial charge in [0.2, 0.25) is 0 Å². The van der Waals surface area contributed by atoms with Gasteiger partial charge >= 0.3 is 0 Å². The second-order valence-electron chi connectivity index (χ2n) is 9.77. The first-order chi connectivity index (χ1) is 16.9. The van der Waals surface area contributed by atoms with Gasteiger partial charge in [-0.3, -0.25) is 0 Å². The zero-order valence-corrected chi connectivity index (χ0v) is 20.3. The van der Waals surface area contributed by atoms with Crippen molar-refractivity contribution >= 4 is 0 Å². The van der Waals surface area contributed by atoms with Crippen LogP contribution in [0.1, 0.15) is 81.3 Å². The highest BCUT2D eigenvalue weighted by Crippen LogP contribution is 2.38. The van der Waals surface area contributed by atoms with Crippen molar-refractivity contribution in [2.45, 2.75) is 82.3 Å². The molecule has 2 heterocycles. The number of rotatable bonds is 8. The van der Waals surface area contributed by atoms with Crippen LogP contribution >= 0.6 is 0 Å². The first-order valence-corrected chi connectivity index (χ1v) is 12.7. The maximum Gasteiger partial charge on any atom is 0.167 e. The van der Waals surface area contributed by atoms with Crippen LogP contribution in [0.15, 0.2) is 36.9 Å². The Hall–Kier alpha value is -2.18. The molecule has 2 fully saturated rings. The van der Waals surface area contributed by atoms with E-state index in [1.54, 1.807) is 0 Å². The van der Waals surface area contributed by atoms with Gasteiger partial charge in [0.25, 0.3) is 0 Å². The molecule has 4 atom stereocenters. The molecule has 0 amide bonds. The fourth-order valence-electron chi connectivity index (χ4n) is 5.36. The summed E-state index contributed by atoms with van der Waals surface area (Å²) in [5.41, 5.74) is -0.118. The molecule has 0 aromatic heterocycles. The predicted molar refractivity (Wildman–Crippen MR) is 129 cm³/mol. The Morgan fingerprint density at radius 2 is 1.23 bits per heavy atom. The zero-order chi connectivity index (χ0) is 24.9. The molecule has 35 heavy (non-hydrogen) atoms. The lowest BCUT2D eigenvalue weighted by molar-refractivity contribution is -0.00183. The molecule has 2 aromatic carbocycles. The Labute approximate surface area is 205 Å². The van der Waals surface area contributed by atoms with Crippen molar-refractivity contribution in [2.24, 2.45) is 0 Å². The summed E-state index contributed by atoms with van der Waals surface area (Å²) in [5.74, 6) is -4.88. The summed E-state index contributed by atoms with van der Waals surface area (Å²) in [5, 5.41) is 0. The highest BCUT2D eigenvalue weighted by atomic mass is 19.2. The molecule has 2 aliphatic rings. The summed E-state index contributed by atoms with van der Waals surface area (Å²) in [4.78, 5) is 0. The number of ether oxygens (including phenoxy) is 2. The van der Waals surface area contributed by atoms with Crippen molar-refractivity contribution in [3.05, 3.63) is 71.3 Å². The minimum atomic E-state index is -1.16. The first kappa shape index (κ1) is 25.9. The van der Waals surface area contributed by atoms with E-state index < -0.39 is 23.3 Å². The molecule has 0 N–H and O–H groups in total. The molecule has 4 unspecified atom stereocenters. The van der Waals surface area contributed by atoms with Crippen LogP contribution < -0.4 is 0 Å². The van der Waals surface area contributed by atoms with Gasteiger partial charge in [0.05, 0.1) is 25.4 Å². The molecule has 0 aliphatic carbocycles. The second kappa shape index (κ2) is 11.7. The molecular formula is C29H34F4O2. The normalized spacial score (nSPS) is 24.9. The van der Waals surface area contributed by atoms with Crippen LogP contribution in [0, 0.1) is 23.3 Å². The molecule has 0 bridgehead atoms. The van der Waals surface area contributed by atoms with Gasteiger partial charge in [-0.05, 0) is 56.1 Å². The van der Waals surface area contributed by atoms with E-state index in [1.807, 2.05) is 6.08 Å². The topological polar surface area (TPSA) is 18.5 Å². The summed E-state index contributed by atoms with van der Waals surface area (Å²) >= 11 is 0. The van der Waals surface area contributed by atoms with Crippen molar-refractivity contribution in [3.63, 3.8) is 0 Å². The van der Waals surface area contributed by atoms with Crippen LogP contribution in [0.3, 0.4) is 0 Å². The van der Waals surface area contributed by atoms with E-state index in [4.69, 9.17) is 9.47 Å².